The lowest BCUT2D eigenvalue weighted by Crippen LogP contribution is -2.21. The van der Waals surface area contributed by atoms with E-state index >= 15 is 0 Å². The first-order chi connectivity index (χ1) is 10.2. The summed E-state index contributed by atoms with van der Waals surface area (Å²) in [5.41, 5.74) is 1.80. The van der Waals surface area contributed by atoms with Crippen molar-refractivity contribution in [3.8, 4) is 11.8 Å². The van der Waals surface area contributed by atoms with Crippen molar-refractivity contribution in [3.63, 3.8) is 0 Å². The second-order valence-corrected chi connectivity index (χ2v) is 5.05. The average molecular weight is 284 g/mol. The number of nitrogens with zero attached hydrogens (tertiary/aromatic N) is 2. The number of rotatable bonds is 7. The predicted molar refractivity (Wildman–Crippen MR) is 81.0 cm³/mol. The predicted octanol–water partition coefficient (Wildman–Crippen LogP) is 3.36. The molecule has 110 valence electrons. The molecule has 0 saturated carbocycles. The molecule has 1 aromatic heterocycles. The summed E-state index contributed by atoms with van der Waals surface area (Å²) in [6.07, 6.45) is 2.63. The quantitative estimate of drug-likeness (QED) is 0.731. The fourth-order valence-electron chi connectivity index (χ4n) is 2.15. The van der Waals surface area contributed by atoms with Gasteiger partial charge in [0.05, 0.1) is 18.4 Å². The Morgan fingerprint density at radius 2 is 2.10 bits per heavy atom. The van der Waals surface area contributed by atoms with Crippen molar-refractivity contribution in [2.45, 2.75) is 19.9 Å². The summed E-state index contributed by atoms with van der Waals surface area (Å²) in [7, 11) is 2.08. The SMILES string of the molecule is Cc1occc1CN(C)CCCOc1ccccc1C#N. The first-order valence-electron chi connectivity index (χ1n) is 7.04. The van der Waals surface area contributed by atoms with Gasteiger partial charge in [-0.2, -0.15) is 5.26 Å². The third kappa shape index (κ3) is 4.37. The Morgan fingerprint density at radius 1 is 1.29 bits per heavy atom. The minimum Gasteiger partial charge on any atom is -0.492 e. The molecule has 1 heterocycles. The molecule has 0 unspecified atom stereocenters. The highest BCUT2D eigenvalue weighted by molar-refractivity contribution is 5.42. The number of para-hydroxylation sites is 1. The van der Waals surface area contributed by atoms with E-state index in [1.807, 2.05) is 31.2 Å². The number of ether oxygens (including phenoxy) is 1. The molecule has 4 nitrogen and oxygen atoms in total. The topological polar surface area (TPSA) is 49.4 Å². The summed E-state index contributed by atoms with van der Waals surface area (Å²) in [4.78, 5) is 2.23. The lowest BCUT2D eigenvalue weighted by atomic mass is 10.2. The van der Waals surface area contributed by atoms with Gasteiger partial charge in [0.1, 0.15) is 17.6 Å². The van der Waals surface area contributed by atoms with Gasteiger partial charge in [0.2, 0.25) is 0 Å². The van der Waals surface area contributed by atoms with Crippen molar-refractivity contribution in [2.24, 2.45) is 0 Å². The van der Waals surface area contributed by atoms with Crippen molar-refractivity contribution in [1.29, 1.82) is 5.26 Å². The van der Waals surface area contributed by atoms with Crippen LogP contribution in [0.1, 0.15) is 23.3 Å². The van der Waals surface area contributed by atoms with E-state index in [1.165, 1.54) is 5.56 Å². The largest absolute Gasteiger partial charge is 0.492 e. The maximum Gasteiger partial charge on any atom is 0.137 e. The summed E-state index contributed by atoms with van der Waals surface area (Å²) in [6.45, 7) is 4.38. The Kier molecular flexibility index (Phi) is 5.42. The molecule has 0 amide bonds. The third-order valence-electron chi connectivity index (χ3n) is 3.36. The highest BCUT2D eigenvalue weighted by Crippen LogP contribution is 2.16. The molecule has 0 bridgehead atoms. The van der Waals surface area contributed by atoms with E-state index < -0.39 is 0 Å². The normalized spacial score (nSPS) is 10.6. The first kappa shape index (κ1) is 15.1. The van der Waals surface area contributed by atoms with Gasteiger partial charge in [0.15, 0.2) is 0 Å². The summed E-state index contributed by atoms with van der Waals surface area (Å²) >= 11 is 0. The monoisotopic (exact) mass is 284 g/mol. The van der Waals surface area contributed by atoms with E-state index in [9.17, 15) is 0 Å². The van der Waals surface area contributed by atoms with Crippen molar-refractivity contribution in [3.05, 3.63) is 53.5 Å². The van der Waals surface area contributed by atoms with E-state index in [-0.39, 0.29) is 0 Å². The first-order valence-corrected chi connectivity index (χ1v) is 7.04. The summed E-state index contributed by atoms with van der Waals surface area (Å²) in [6, 6.07) is 11.5. The van der Waals surface area contributed by atoms with Crippen LogP contribution >= 0.6 is 0 Å². The van der Waals surface area contributed by atoms with Gasteiger partial charge in [-0.3, -0.25) is 0 Å². The standard InChI is InChI=1S/C17H20N2O2/c1-14-16(8-11-20-14)13-19(2)9-5-10-21-17-7-4-3-6-15(17)12-18/h3-4,6-8,11H,5,9-10,13H2,1-2H3. The van der Waals surface area contributed by atoms with Gasteiger partial charge in [0.25, 0.3) is 0 Å². The highest BCUT2D eigenvalue weighted by Gasteiger charge is 2.06. The van der Waals surface area contributed by atoms with Crippen LogP contribution in [0.2, 0.25) is 0 Å². The van der Waals surface area contributed by atoms with Crippen molar-refractivity contribution in [2.75, 3.05) is 20.2 Å². The lowest BCUT2D eigenvalue weighted by molar-refractivity contribution is 0.257. The van der Waals surface area contributed by atoms with E-state index in [1.54, 1.807) is 12.3 Å². The van der Waals surface area contributed by atoms with Crippen LogP contribution < -0.4 is 4.74 Å². The van der Waals surface area contributed by atoms with Gasteiger partial charge in [-0.05, 0) is 38.6 Å². The summed E-state index contributed by atoms with van der Waals surface area (Å²) in [5.74, 6) is 1.63. The van der Waals surface area contributed by atoms with Crippen LogP contribution in [0.15, 0.2) is 41.0 Å². The zero-order valence-electron chi connectivity index (χ0n) is 12.5. The van der Waals surface area contributed by atoms with Crippen LogP contribution in [0.3, 0.4) is 0 Å². The van der Waals surface area contributed by atoms with E-state index in [2.05, 4.69) is 18.0 Å². The molecule has 0 spiro atoms. The molecule has 0 aliphatic heterocycles. The summed E-state index contributed by atoms with van der Waals surface area (Å²) < 4.78 is 11.0. The van der Waals surface area contributed by atoms with Gasteiger partial charge >= 0.3 is 0 Å². The molecular weight excluding hydrogens is 264 g/mol. The molecule has 0 atom stereocenters. The maximum absolute atomic E-state index is 8.99. The number of hydrogen-bond acceptors (Lipinski definition) is 4. The Bertz CT molecular complexity index is 613. The molecule has 0 aliphatic carbocycles. The average Bonchev–Trinajstić information content (AvgIpc) is 2.89. The van der Waals surface area contributed by atoms with E-state index in [0.717, 1.165) is 25.3 Å². The minimum absolute atomic E-state index is 0.583. The van der Waals surface area contributed by atoms with Gasteiger partial charge in [-0.1, -0.05) is 12.1 Å². The fourth-order valence-corrected chi connectivity index (χ4v) is 2.15. The van der Waals surface area contributed by atoms with Crippen LogP contribution in [-0.2, 0) is 6.54 Å². The second-order valence-electron chi connectivity index (χ2n) is 5.05. The molecule has 4 heteroatoms. The molecule has 21 heavy (non-hydrogen) atoms. The Hall–Kier alpha value is -2.25. The number of benzene rings is 1. The van der Waals surface area contributed by atoms with Crippen LogP contribution in [0, 0.1) is 18.3 Å². The highest BCUT2D eigenvalue weighted by atomic mass is 16.5. The molecule has 0 fully saturated rings. The third-order valence-corrected chi connectivity index (χ3v) is 3.36. The van der Waals surface area contributed by atoms with E-state index in [4.69, 9.17) is 14.4 Å². The minimum atomic E-state index is 0.583. The van der Waals surface area contributed by atoms with Crippen LogP contribution in [0.4, 0.5) is 0 Å². The Morgan fingerprint density at radius 3 is 2.81 bits per heavy atom. The molecule has 0 aliphatic rings. The fraction of sp³-hybridized carbons (Fsp3) is 0.353. The van der Waals surface area contributed by atoms with Crippen LogP contribution in [0.25, 0.3) is 0 Å². The molecule has 1 aromatic carbocycles. The van der Waals surface area contributed by atoms with Crippen molar-refractivity contribution < 1.29 is 9.15 Å². The van der Waals surface area contributed by atoms with Crippen molar-refractivity contribution >= 4 is 0 Å². The molecule has 0 N–H and O–H groups in total. The Labute approximate surface area is 125 Å². The molecule has 2 rings (SSSR count). The van der Waals surface area contributed by atoms with Crippen LogP contribution in [-0.4, -0.2) is 25.1 Å². The number of furan rings is 1. The molecule has 0 radical (unpaired) electrons. The summed E-state index contributed by atoms with van der Waals surface area (Å²) in [5, 5.41) is 8.99. The van der Waals surface area contributed by atoms with Gasteiger partial charge in [0, 0.05) is 18.7 Å². The molecular formula is C17H20N2O2. The second kappa shape index (κ2) is 7.51. The van der Waals surface area contributed by atoms with Gasteiger partial charge in [-0.25, -0.2) is 0 Å². The van der Waals surface area contributed by atoms with Crippen LogP contribution in [0.5, 0.6) is 5.75 Å². The number of nitriles is 1. The molecule has 0 saturated heterocycles. The maximum atomic E-state index is 8.99. The zero-order valence-corrected chi connectivity index (χ0v) is 12.5. The van der Waals surface area contributed by atoms with E-state index in [0.29, 0.717) is 17.9 Å². The number of aryl methyl sites for hydroxylation is 1. The zero-order chi connectivity index (χ0) is 15.1. The smallest absolute Gasteiger partial charge is 0.137 e. The van der Waals surface area contributed by atoms with Gasteiger partial charge in [-0.15, -0.1) is 0 Å². The number of hydrogen-bond donors (Lipinski definition) is 0. The van der Waals surface area contributed by atoms with Gasteiger partial charge < -0.3 is 14.1 Å². The Balaban J connectivity index is 1.72. The van der Waals surface area contributed by atoms with Crippen molar-refractivity contribution in [1.82, 2.24) is 4.90 Å². The lowest BCUT2D eigenvalue weighted by Gasteiger charge is -2.16. The molecule has 2 aromatic rings.